The molecular weight excluding hydrogens is 256 g/mol. The van der Waals surface area contributed by atoms with E-state index in [4.69, 9.17) is 0 Å². The number of halogens is 1. The lowest BCUT2D eigenvalue weighted by atomic mass is 10.1. The standard InChI is InChI=1S/C11H11BrN2O/c1-6-3-8(5-12)4-9-10(6)13-7(2)11(15)14-9/h3-4H,5H2,1-2H3,(H,14,15). The summed E-state index contributed by atoms with van der Waals surface area (Å²) in [7, 11) is 0. The number of rotatable bonds is 1. The van der Waals surface area contributed by atoms with Gasteiger partial charge in [-0.25, -0.2) is 4.98 Å². The monoisotopic (exact) mass is 266 g/mol. The van der Waals surface area contributed by atoms with E-state index < -0.39 is 0 Å². The quantitative estimate of drug-likeness (QED) is 0.806. The third-order valence-electron chi connectivity index (χ3n) is 2.37. The molecule has 78 valence electrons. The van der Waals surface area contributed by atoms with E-state index in [1.54, 1.807) is 6.92 Å². The number of alkyl halides is 1. The second-order valence-corrected chi connectivity index (χ2v) is 4.15. The van der Waals surface area contributed by atoms with E-state index in [0.29, 0.717) is 5.69 Å². The summed E-state index contributed by atoms with van der Waals surface area (Å²) in [5, 5.41) is 0.777. The van der Waals surface area contributed by atoms with Gasteiger partial charge in [-0.15, -0.1) is 0 Å². The molecule has 0 aliphatic rings. The van der Waals surface area contributed by atoms with Crippen molar-refractivity contribution in [3.8, 4) is 0 Å². The predicted molar refractivity (Wildman–Crippen MR) is 64.5 cm³/mol. The molecule has 0 aliphatic heterocycles. The number of aromatic nitrogens is 2. The van der Waals surface area contributed by atoms with Crippen molar-refractivity contribution in [1.29, 1.82) is 0 Å². The molecule has 0 aliphatic carbocycles. The Hall–Kier alpha value is -1.16. The van der Waals surface area contributed by atoms with Crippen LogP contribution in [0.5, 0.6) is 0 Å². The molecule has 0 atom stereocenters. The molecule has 0 amide bonds. The Morgan fingerprint density at radius 3 is 2.80 bits per heavy atom. The molecule has 0 fully saturated rings. The average Bonchev–Trinajstić information content (AvgIpc) is 2.21. The molecule has 1 aromatic heterocycles. The van der Waals surface area contributed by atoms with E-state index in [9.17, 15) is 4.79 Å². The first kappa shape index (κ1) is 10.4. The van der Waals surface area contributed by atoms with E-state index in [2.05, 4.69) is 32.0 Å². The summed E-state index contributed by atoms with van der Waals surface area (Å²) in [6.45, 7) is 3.72. The fourth-order valence-corrected chi connectivity index (χ4v) is 1.93. The topological polar surface area (TPSA) is 45.8 Å². The molecule has 1 heterocycles. The van der Waals surface area contributed by atoms with Crippen molar-refractivity contribution in [2.45, 2.75) is 19.2 Å². The van der Waals surface area contributed by atoms with E-state index in [0.717, 1.165) is 27.5 Å². The summed E-state index contributed by atoms with van der Waals surface area (Å²) in [5.41, 5.74) is 4.30. The molecule has 0 spiro atoms. The highest BCUT2D eigenvalue weighted by Gasteiger charge is 2.04. The number of nitrogens with zero attached hydrogens (tertiary/aromatic N) is 1. The summed E-state index contributed by atoms with van der Waals surface area (Å²) >= 11 is 3.40. The van der Waals surface area contributed by atoms with Gasteiger partial charge in [-0.3, -0.25) is 4.79 Å². The molecule has 15 heavy (non-hydrogen) atoms. The molecule has 0 radical (unpaired) electrons. The van der Waals surface area contributed by atoms with Crippen LogP contribution in [-0.2, 0) is 5.33 Å². The third kappa shape index (κ3) is 1.81. The van der Waals surface area contributed by atoms with Gasteiger partial charge >= 0.3 is 0 Å². The van der Waals surface area contributed by atoms with Crippen molar-refractivity contribution in [1.82, 2.24) is 9.97 Å². The zero-order valence-electron chi connectivity index (χ0n) is 8.60. The SMILES string of the molecule is Cc1nc2c(C)cc(CBr)cc2[nH]c1=O. The predicted octanol–water partition coefficient (Wildman–Crippen LogP) is 2.43. The number of aryl methyl sites for hydroxylation is 2. The van der Waals surface area contributed by atoms with Gasteiger partial charge in [0.05, 0.1) is 11.0 Å². The molecule has 0 saturated carbocycles. The van der Waals surface area contributed by atoms with E-state index in [1.807, 2.05) is 13.0 Å². The van der Waals surface area contributed by atoms with Crippen LogP contribution in [0.25, 0.3) is 11.0 Å². The molecule has 1 N–H and O–H groups in total. The normalized spacial score (nSPS) is 10.9. The van der Waals surface area contributed by atoms with Crippen molar-refractivity contribution in [3.05, 3.63) is 39.3 Å². The van der Waals surface area contributed by atoms with Crippen LogP contribution < -0.4 is 5.56 Å². The van der Waals surface area contributed by atoms with Gasteiger partial charge in [0.15, 0.2) is 0 Å². The Balaban J connectivity index is 2.86. The van der Waals surface area contributed by atoms with Crippen molar-refractivity contribution >= 4 is 27.0 Å². The number of benzene rings is 1. The van der Waals surface area contributed by atoms with Gasteiger partial charge in [0, 0.05) is 5.33 Å². The number of hydrogen-bond donors (Lipinski definition) is 1. The summed E-state index contributed by atoms with van der Waals surface area (Å²) in [4.78, 5) is 18.5. The molecule has 2 aromatic rings. The molecule has 4 heteroatoms. The first-order chi connectivity index (χ1) is 7.11. The maximum atomic E-state index is 11.4. The van der Waals surface area contributed by atoms with Crippen molar-refractivity contribution < 1.29 is 0 Å². The van der Waals surface area contributed by atoms with Gasteiger partial charge < -0.3 is 4.98 Å². The highest BCUT2D eigenvalue weighted by molar-refractivity contribution is 9.08. The maximum absolute atomic E-state index is 11.4. The second-order valence-electron chi connectivity index (χ2n) is 3.59. The Kier molecular flexibility index (Phi) is 2.61. The van der Waals surface area contributed by atoms with Crippen molar-refractivity contribution in [2.75, 3.05) is 0 Å². The van der Waals surface area contributed by atoms with E-state index in [-0.39, 0.29) is 5.56 Å². The van der Waals surface area contributed by atoms with Crippen LogP contribution in [-0.4, -0.2) is 9.97 Å². The van der Waals surface area contributed by atoms with Gasteiger partial charge in [-0.1, -0.05) is 22.0 Å². The minimum absolute atomic E-state index is 0.117. The Morgan fingerprint density at radius 2 is 2.13 bits per heavy atom. The van der Waals surface area contributed by atoms with Crippen LogP contribution in [0.1, 0.15) is 16.8 Å². The Labute approximate surface area is 95.7 Å². The van der Waals surface area contributed by atoms with E-state index >= 15 is 0 Å². The highest BCUT2D eigenvalue weighted by Crippen LogP contribution is 2.17. The molecular formula is C11H11BrN2O. The zero-order chi connectivity index (χ0) is 11.0. The second kappa shape index (κ2) is 3.77. The fraction of sp³-hybridized carbons (Fsp3) is 0.273. The lowest BCUT2D eigenvalue weighted by Crippen LogP contribution is -2.12. The van der Waals surface area contributed by atoms with Crippen LogP contribution in [0, 0.1) is 13.8 Å². The summed E-state index contributed by atoms with van der Waals surface area (Å²) < 4.78 is 0. The first-order valence-electron chi connectivity index (χ1n) is 4.68. The van der Waals surface area contributed by atoms with Gasteiger partial charge in [0.25, 0.3) is 5.56 Å². The summed E-state index contributed by atoms with van der Waals surface area (Å²) in [6.07, 6.45) is 0. The summed E-state index contributed by atoms with van der Waals surface area (Å²) in [6, 6.07) is 4.02. The highest BCUT2D eigenvalue weighted by atomic mass is 79.9. The van der Waals surface area contributed by atoms with Gasteiger partial charge in [-0.05, 0) is 31.0 Å². The number of fused-ring (bicyclic) bond motifs is 1. The lowest BCUT2D eigenvalue weighted by Gasteiger charge is -2.04. The first-order valence-corrected chi connectivity index (χ1v) is 5.80. The van der Waals surface area contributed by atoms with Crippen molar-refractivity contribution in [2.24, 2.45) is 0 Å². The smallest absolute Gasteiger partial charge is 0.269 e. The van der Waals surface area contributed by atoms with E-state index in [1.165, 1.54) is 0 Å². The number of hydrogen-bond acceptors (Lipinski definition) is 2. The Morgan fingerprint density at radius 1 is 1.40 bits per heavy atom. The fourth-order valence-electron chi connectivity index (χ4n) is 1.61. The number of nitrogens with one attached hydrogen (secondary N) is 1. The lowest BCUT2D eigenvalue weighted by molar-refractivity contribution is 1.11. The van der Waals surface area contributed by atoms with Crippen LogP contribution in [0.15, 0.2) is 16.9 Å². The molecule has 2 rings (SSSR count). The van der Waals surface area contributed by atoms with Crippen LogP contribution in [0.3, 0.4) is 0 Å². The molecule has 0 unspecified atom stereocenters. The van der Waals surface area contributed by atoms with Crippen LogP contribution in [0.2, 0.25) is 0 Å². The largest absolute Gasteiger partial charge is 0.319 e. The molecule has 0 bridgehead atoms. The Bertz CT molecular complexity index is 575. The molecule has 1 aromatic carbocycles. The minimum Gasteiger partial charge on any atom is -0.319 e. The average molecular weight is 267 g/mol. The van der Waals surface area contributed by atoms with Crippen molar-refractivity contribution in [3.63, 3.8) is 0 Å². The zero-order valence-corrected chi connectivity index (χ0v) is 10.2. The maximum Gasteiger partial charge on any atom is 0.269 e. The van der Waals surface area contributed by atoms with Crippen LogP contribution in [0.4, 0.5) is 0 Å². The van der Waals surface area contributed by atoms with Gasteiger partial charge in [-0.2, -0.15) is 0 Å². The van der Waals surface area contributed by atoms with Gasteiger partial charge in [0.2, 0.25) is 0 Å². The third-order valence-corrected chi connectivity index (χ3v) is 3.02. The van der Waals surface area contributed by atoms with Crippen LogP contribution >= 0.6 is 15.9 Å². The molecule has 0 saturated heterocycles. The number of aromatic amines is 1. The number of H-pyrrole nitrogens is 1. The minimum atomic E-state index is -0.117. The summed E-state index contributed by atoms with van der Waals surface area (Å²) in [5.74, 6) is 0. The molecule has 3 nitrogen and oxygen atoms in total. The van der Waals surface area contributed by atoms with Gasteiger partial charge in [0.1, 0.15) is 5.69 Å².